The number of benzene rings is 1. The molecule has 0 fully saturated rings. The molecular formula is C7H7ClFNO4. The standard InChI is InChI=1S/C7H7ClFNO4/c1-10(14)4-2(8)5(11)7(13)6(12)3(4)9/h11-14H,1H3. The van der Waals surface area contributed by atoms with Gasteiger partial charge in [-0.1, -0.05) is 11.6 Å². The highest BCUT2D eigenvalue weighted by Gasteiger charge is 2.24. The van der Waals surface area contributed by atoms with Crippen LogP contribution < -0.4 is 5.06 Å². The number of aromatic hydroxyl groups is 3. The molecular weight excluding hydrogens is 217 g/mol. The summed E-state index contributed by atoms with van der Waals surface area (Å²) in [5.41, 5.74) is -0.625. The molecule has 14 heavy (non-hydrogen) atoms. The Morgan fingerprint density at radius 1 is 1.14 bits per heavy atom. The molecule has 0 saturated heterocycles. The molecule has 0 radical (unpaired) electrons. The molecule has 0 atom stereocenters. The molecule has 0 spiro atoms. The van der Waals surface area contributed by atoms with Gasteiger partial charge in [0, 0.05) is 7.05 Å². The van der Waals surface area contributed by atoms with Crippen molar-refractivity contribution in [3.8, 4) is 17.2 Å². The van der Waals surface area contributed by atoms with E-state index in [1.165, 1.54) is 0 Å². The van der Waals surface area contributed by atoms with Crippen LogP contribution in [0.4, 0.5) is 10.1 Å². The Hall–Kier alpha value is -1.40. The lowest BCUT2D eigenvalue weighted by atomic mass is 10.2. The number of phenolic OH excluding ortho intramolecular Hbond substituents is 3. The van der Waals surface area contributed by atoms with Crippen molar-refractivity contribution in [2.75, 3.05) is 12.1 Å². The van der Waals surface area contributed by atoms with Gasteiger partial charge in [0.1, 0.15) is 10.7 Å². The second-order valence-corrected chi connectivity index (χ2v) is 2.92. The molecule has 1 aromatic rings. The molecule has 4 N–H and O–H groups in total. The fourth-order valence-electron chi connectivity index (χ4n) is 0.925. The topological polar surface area (TPSA) is 84.2 Å². The molecule has 78 valence electrons. The Morgan fingerprint density at radius 3 is 2.07 bits per heavy atom. The average Bonchev–Trinajstić information content (AvgIpc) is 2.11. The highest BCUT2D eigenvalue weighted by atomic mass is 35.5. The largest absolute Gasteiger partial charge is 0.503 e. The average molecular weight is 224 g/mol. The van der Waals surface area contributed by atoms with Crippen molar-refractivity contribution in [1.29, 1.82) is 0 Å². The summed E-state index contributed by atoms with van der Waals surface area (Å²) < 4.78 is 13.1. The fourth-order valence-corrected chi connectivity index (χ4v) is 1.22. The maximum atomic E-state index is 13.1. The number of hydrogen-bond donors (Lipinski definition) is 4. The summed E-state index contributed by atoms with van der Waals surface area (Å²) in [6.07, 6.45) is 0. The predicted molar refractivity (Wildman–Crippen MR) is 46.6 cm³/mol. The summed E-state index contributed by atoms with van der Waals surface area (Å²) in [5.74, 6) is -4.47. The number of rotatable bonds is 1. The predicted octanol–water partition coefficient (Wildman–Crippen LogP) is 1.42. The molecule has 0 aromatic heterocycles. The first-order valence-electron chi connectivity index (χ1n) is 3.42. The lowest BCUT2D eigenvalue weighted by Gasteiger charge is -2.15. The third-order valence-corrected chi connectivity index (χ3v) is 1.96. The highest BCUT2D eigenvalue weighted by molar-refractivity contribution is 6.35. The molecule has 0 unspecified atom stereocenters. The molecule has 0 heterocycles. The van der Waals surface area contributed by atoms with E-state index < -0.39 is 33.8 Å². The van der Waals surface area contributed by atoms with Gasteiger partial charge in [0.2, 0.25) is 5.75 Å². The smallest absolute Gasteiger partial charge is 0.205 e. The van der Waals surface area contributed by atoms with Crippen LogP contribution in [0.1, 0.15) is 0 Å². The van der Waals surface area contributed by atoms with Crippen LogP contribution in [0, 0.1) is 5.82 Å². The van der Waals surface area contributed by atoms with Crippen molar-refractivity contribution in [2.24, 2.45) is 0 Å². The summed E-state index contributed by atoms with van der Waals surface area (Å²) in [5, 5.41) is 35.6. The summed E-state index contributed by atoms with van der Waals surface area (Å²) in [4.78, 5) is 0. The van der Waals surface area contributed by atoms with E-state index in [4.69, 9.17) is 32.1 Å². The van der Waals surface area contributed by atoms with Crippen LogP contribution in [-0.2, 0) is 0 Å². The van der Waals surface area contributed by atoms with Crippen LogP contribution >= 0.6 is 11.6 Å². The van der Waals surface area contributed by atoms with Gasteiger partial charge in [-0.3, -0.25) is 10.3 Å². The van der Waals surface area contributed by atoms with E-state index in [0.29, 0.717) is 0 Å². The number of halogens is 2. The molecule has 7 heteroatoms. The first kappa shape index (κ1) is 10.7. The molecule has 0 saturated carbocycles. The molecule has 1 aromatic carbocycles. The Bertz CT molecular complexity index is 353. The number of hydroxylamine groups is 1. The molecule has 0 aliphatic heterocycles. The first-order valence-corrected chi connectivity index (χ1v) is 3.80. The molecule has 1 rings (SSSR count). The van der Waals surface area contributed by atoms with Gasteiger partial charge in [-0.2, -0.15) is 0 Å². The maximum Gasteiger partial charge on any atom is 0.205 e. The van der Waals surface area contributed by atoms with E-state index >= 15 is 0 Å². The van der Waals surface area contributed by atoms with Crippen molar-refractivity contribution in [3.63, 3.8) is 0 Å². The second-order valence-electron chi connectivity index (χ2n) is 2.55. The van der Waals surface area contributed by atoms with Crippen LogP contribution in [0.15, 0.2) is 0 Å². The lowest BCUT2D eigenvalue weighted by molar-refractivity contribution is 0.271. The minimum Gasteiger partial charge on any atom is -0.503 e. The lowest BCUT2D eigenvalue weighted by Crippen LogP contribution is -2.12. The van der Waals surface area contributed by atoms with E-state index in [1.54, 1.807) is 0 Å². The molecule has 0 bridgehead atoms. The van der Waals surface area contributed by atoms with Crippen molar-refractivity contribution in [3.05, 3.63) is 10.8 Å². The van der Waals surface area contributed by atoms with Crippen molar-refractivity contribution in [1.82, 2.24) is 0 Å². The van der Waals surface area contributed by atoms with Gasteiger partial charge < -0.3 is 15.3 Å². The number of anilines is 1. The molecule has 0 aliphatic carbocycles. The van der Waals surface area contributed by atoms with Crippen LogP contribution in [0.5, 0.6) is 17.2 Å². The quantitative estimate of drug-likeness (QED) is 0.428. The third-order valence-electron chi connectivity index (χ3n) is 1.60. The normalized spacial score (nSPS) is 10.3. The Balaban J connectivity index is 3.60. The van der Waals surface area contributed by atoms with Gasteiger partial charge in [-0.05, 0) is 0 Å². The Morgan fingerprint density at radius 2 is 1.64 bits per heavy atom. The SMILES string of the molecule is CN(O)c1c(F)c(O)c(O)c(O)c1Cl. The van der Waals surface area contributed by atoms with E-state index in [2.05, 4.69) is 0 Å². The van der Waals surface area contributed by atoms with Crippen molar-refractivity contribution < 1.29 is 24.9 Å². The summed E-state index contributed by atoms with van der Waals surface area (Å²) in [6.45, 7) is 0. The second kappa shape index (κ2) is 3.39. The first-order chi connectivity index (χ1) is 6.37. The monoisotopic (exact) mass is 223 g/mol. The minimum atomic E-state index is -1.32. The van der Waals surface area contributed by atoms with Crippen LogP contribution in [-0.4, -0.2) is 27.6 Å². The zero-order valence-corrected chi connectivity index (χ0v) is 7.75. The van der Waals surface area contributed by atoms with Crippen LogP contribution in [0.2, 0.25) is 5.02 Å². The zero-order chi connectivity index (χ0) is 11.0. The number of phenols is 3. The van der Waals surface area contributed by atoms with Crippen molar-refractivity contribution in [2.45, 2.75) is 0 Å². The summed E-state index contributed by atoms with van der Waals surface area (Å²) >= 11 is 5.41. The van der Waals surface area contributed by atoms with Crippen molar-refractivity contribution >= 4 is 17.3 Å². The fraction of sp³-hybridized carbons (Fsp3) is 0.143. The number of hydrogen-bond acceptors (Lipinski definition) is 5. The van der Waals surface area contributed by atoms with Gasteiger partial charge in [0.05, 0.1) is 0 Å². The van der Waals surface area contributed by atoms with Gasteiger partial charge in [-0.25, -0.2) is 4.39 Å². The maximum absolute atomic E-state index is 13.1. The molecule has 5 nitrogen and oxygen atoms in total. The van der Waals surface area contributed by atoms with Gasteiger partial charge in [0.25, 0.3) is 0 Å². The summed E-state index contributed by atoms with van der Waals surface area (Å²) in [6, 6.07) is 0. The van der Waals surface area contributed by atoms with E-state index in [0.717, 1.165) is 7.05 Å². The Kier molecular flexibility index (Phi) is 2.59. The summed E-state index contributed by atoms with van der Waals surface area (Å²) in [7, 11) is 1.04. The highest BCUT2D eigenvalue weighted by Crippen LogP contribution is 2.48. The van der Waals surface area contributed by atoms with Crippen LogP contribution in [0.3, 0.4) is 0 Å². The van der Waals surface area contributed by atoms with E-state index in [9.17, 15) is 4.39 Å². The number of nitrogens with zero attached hydrogens (tertiary/aromatic N) is 1. The van der Waals surface area contributed by atoms with Crippen LogP contribution in [0.25, 0.3) is 0 Å². The third kappa shape index (κ3) is 1.38. The Labute approximate surface area is 83.2 Å². The van der Waals surface area contributed by atoms with E-state index in [-0.39, 0.29) is 5.06 Å². The van der Waals surface area contributed by atoms with E-state index in [1.807, 2.05) is 0 Å². The zero-order valence-electron chi connectivity index (χ0n) is 6.99. The minimum absolute atomic E-state index is 0.274. The van der Waals surface area contributed by atoms with Gasteiger partial charge in [0.15, 0.2) is 17.3 Å². The van der Waals surface area contributed by atoms with Gasteiger partial charge >= 0.3 is 0 Å². The molecule has 0 aliphatic rings. The molecule has 0 amide bonds. The van der Waals surface area contributed by atoms with Gasteiger partial charge in [-0.15, -0.1) is 0 Å².